The Kier molecular flexibility index (Phi) is 6.23. The summed E-state index contributed by atoms with van der Waals surface area (Å²) in [5.41, 5.74) is 0. The fraction of sp³-hybridized carbons (Fsp3) is 0.875. The number of nitrogens with one attached hydrogen (secondary N) is 1. The molecule has 0 fully saturated rings. The van der Waals surface area contributed by atoms with Crippen molar-refractivity contribution in [3.8, 4) is 0 Å². The highest BCUT2D eigenvalue weighted by Gasteiger charge is 2.48. The van der Waals surface area contributed by atoms with E-state index in [4.69, 9.17) is 5.11 Å². The monoisotopic (exact) mass is 231 g/mol. The van der Waals surface area contributed by atoms with Crippen LogP contribution in [0.5, 0.6) is 0 Å². The lowest BCUT2D eigenvalue weighted by Crippen LogP contribution is -2.45. The van der Waals surface area contributed by atoms with E-state index in [1.165, 1.54) is 0 Å². The van der Waals surface area contributed by atoms with Gasteiger partial charge in [0.1, 0.15) is 0 Å². The van der Waals surface area contributed by atoms with Gasteiger partial charge in [-0.1, -0.05) is 0 Å². The molecule has 0 aliphatic rings. The highest BCUT2D eigenvalue weighted by molar-refractivity contribution is 5.83. The van der Waals surface area contributed by atoms with Gasteiger partial charge in [0.25, 0.3) is 5.91 Å². The Morgan fingerprint density at radius 3 is 2.33 bits per heavy atom. The topological polar surface area (TPSA) is 49.3 Å². The van der Waals surface area contributed by atoms with Crippen LogP contribution in [-0.2, 0) is 4.79 Å². The maximum atomic E-state index is 12.3. The summed E-state index contributed by atoms with van der Waals surface area (Å²) in [6.45, 7) is -0.123. The average molecular weight is 231 g/mol. The molecule has 0 atom stereocenters. The molecule has 0 aliphatic heterocycles. The van der Waals surface area contributed by atoms with Crippen LogP contribution in [0, 0.1) is 0 Å². The van der Waals surface area contributed by atoms with Gasteiger partial charge >= 0.3 is 12.3 Å². The van der Waals surface area contributed by atoms with E-state index in [-0.39, 0.29) is 13.2 Å². The quantitative estimate of drug-likeness (QED) is 0.510. The van der Waals surface area contributed by atoms with Gasteiger partial charge in [-0.05, 0) is 19.3 Å². The number of hydrogen-bond donors (Lipinski definition) is 2. The summed E-state index contributed by atoms with van der Waals surface area (Å²) in [5, 5.41) is 10.1. The molecule has 0 aromatic carbocycles. The number of carbonyl (C=O) groups is 1. The van der Waals surface area contributed by atoms with Crippen LogP contribution in [-0.4, -0.2) is 36.5 Å². The van der Waals surface area contributed by atoms with E-state index in [9.17, 15) is 22.4 Å². The number of carbonyl (C=O) groups excluding carboxylic acids is 1. The van der Waals surface area contributed by atoms with Crippen molar-refractivity contribution >= 4 is 5.91 Å². The SMILES string of the molecule is O=C(NCCCCCO)C(F)(F)C(F)F. The van der Waals surface area contributed by atoms with Crippen molar-refractivity contribution in [1.29, 1.82) is 0 Å². The third-order valence-corrected chi connectivity index (χ3v) is 1.70. The van der Waals surface area contributed by atoms with Crippen molar-refractivity contribution in [2.45, 2.75) is 31.6 Å². The zero-order valence-electron chi connectivity index (χ0n) is 7.98. The summed E-state index contributed by atoms with van der Waals surface area (Å²) >= 11 is 0. The van der Waals surface area contributed by atoms with Crippen LogP contribution < -0.4 is 5.32 Å². The van der Waals surface area contributed by atoms with Crippen LogP contribution in [0.25, 0.3) is 0 Å². The summed E-state index contributed by atoms with van der Waals surface area (Å²) < 4.78 is 47.9. The number of unbranched alkanes of at least 4 members (excludes halogenated alkanes) is 2. The molecule has 0 aromatic heterocycles. The first-order chi connectivity index (χ1) is 6.92. The number of rotatable bonds is 7. The minimum absolute atomic E-state index is 0.0266. The standard InChI is InChI=1S/C8H13F4NO2/c9-6(10)8(11,12)7(15)13-4-2-1-3-5-14/h6,14H,1-5H2,(H,13,15). The maximum Gasteiger partial charge on any atom is 0.383 e. The smallest absolute Gasteiger partial charge is 0.383 e. The largest absolute Gasteiger partial charge is 0.396 e. The second-order valence-corrected chi connectivity index (χ2v) is 2.96. The van der Waals surface area contributed by atoms with Crippen LogP contribution in [0.1, 0.15) is 19.3 Å². The minimum Gasteiger partial charge on any atom is -0.396 e. The molecule has 0 saturated carbocycles. The highest BCUT2D eigenvalue weighted by Crippen LogP contribution is 2.22. The number of aliphatic hydroxyl groups excluding tert-OH is 1. The summed E-state index contributed by atoms with van der Waals surface area (Å²) in [5.74, 6) is -6.58. The zero-order valence-corrected chi connectivity index (χ0v) is 7.98. The van der Waals surface area contributed by atoms with Gasteiger partial charge in [-0.3, -0.25) is 4.79 Å². The van der Waals surface area contributed by atoms with Gasteiger partial charge in [0, 0.05) is 13.2 Å². The molecule has 0 bridgehead atoms. The fourth-order valence-electron chi connectivity index (χ4n) is 0.832. The average Bonchev–Trinajstić information content (AvgIpc) is 2.16. The molecule has 0 aliphatic carbocycles. The molecule has 0 rings (SSSR count). The van der Waals surface area contributed by atoms with Gasteiger partial charge in [-0.2, -0.15) is 8.78 Å². The minimum atomic E-state index is -4.63. The molecule has 15 heavy (non-hydrogen) atoms. The lowest BCUT2D eigenvalue weighted by atomic mass is 10.2. The Bertz CT molecular complexity index is 199. The molecule has 1 amide bonds. The van der Waals surface area contributed by atoms with E-state index in [0.717, 1.165) is 0 Å². The van der Waals surface area contributed by atoms with Crippen molar-refractivity contribution in [3.63, 3.8) is 0 Å². The van der Waals surface area contributed by atoms with E-state index >= 15 is 0 Å². The summed E-state index contributed by atoms with van der Waals surface area (Å²) in [6.07, 6.45) is -2.60. The molecule has 0 saturated heterocycles. The summed E-state index contributed by atoms with van der Waals surface area (Å²) in [4.78, 5) is 10.5. The van der Waals surface area contributed by atoms with Crippen LogP contribution in [0.15, 0.2) is 0 Å². The number of alkyl halides is 4. The Labute approximate surface area is 84.5 Å². The van der Waals surface area contributed by atoms with E-state index in [2.05, 4.69) is 0 Å². The lowest BCUT2D eigenvalue weighted by Gasteiger charge is -2.14. The predicted octanol–water partition coefficient (Wildman–Crippen LogP) is 1.17. The molecule has 0 unspecified atom stereocenters. The Balaban J connectivity index is 3.74. The molecule has 2 N–H and O–H groups in total. The van der Waals surface area contributed by atoms with Crippen molar-refractivity contribution in [1.82, 2.24) is 5.32 Å². The first kappa shape index (κ1) is 14.2. The molecule has 0 heterocycles. The summed E-state index contributed by atoms with van der Waals surface area (Å²) in [6, 6.07) is 0. The number of halogens is 4. The third kappa shape index (κ3) is 4.96. The Morgan fingerprint density at radius 2 is 1.87 bits per heavy atom. The maximum absolute atomic E-state index is 12.3. The van der Waals surface area contributed by atoms with E-state index in [0.29, 0.717) is 19.3 Å². The zero-order chi connectivity index (χ0) is 11.9. The Hall–Kier alpha value is -0.850. The van der Waals surface area contributed by atoms with E-state index in [1.54, 1.807) is 5.32 Å². The van der Waals surface area contributed by atoms with Crippen LogP contribution >= 0.6 is 0 Å². The Morgan fingerprint density at radius 1 is 1.27 bits per heavy atom. The number of hydrogen-bond acceptors (Lipinski definition) is 2. The first-order valence-electron chi connectivity index (χ1n) is 4.48. The molecule has 7 heteroatoms. The normalized spacial score (nSPS) is 11.9. The van der Waals surface area contributed by atoms with Gasteiger partial charge in [0.2, 0.25) is 0 Å². The van der Waals surface area contributed by atoms with E-state index in [1.807, 2.05) is 0 Å². The van der Waals surface area contributed by atoms with Gasteiger partial charge in [0.15, 0.2) is 0 Å². The van der Waals surface area contributed by atoms with Crippen molar-refractivity contribution in [2.24, 2.45) is 0 Å². The molecule has 90 valence electrons. The molecule has 0 aromatic rings. The molecular weight excluding hydrogens is 218 g/mol. The molecule has 0 spiro atoms. The van der Waals surface area contributed by atoms with Gasteiger partial charge in [-0.15, -0.1) is 0 Å². The lowest BCUT2D eigenvalue weighted by molar-refractivity contribution is -0.169. The molecular formula is C8H13F4NO2. The highest BCUT2D eigenvalue weighted by atomic mass is 19.3. The second kappa shape index (κ2) is 6.60. The van der Waals surface area contributed by atoms with Crippen molar-refractivity contribution in [3.05, 3.63) is 0 Å². The van der Waals surface area contributed by atoms with Crippen molar-refractivity contribution in [2.75, 3.05) is 13.2 Å². The summed E-state index contributed by atoms with van der Waals surface area (Å²) in [7, 11) is 0. The number of aliphatic hydroxyl groups is 1. The fourth-order valence-corrected chi connectivity index (χ4v) is 0.832. The van der Waals surface area contributed by atoms with Crippen LogP contribution in [0.2, 0.25) is 0 Å². The van der Waals surface area contributed by atoms with Gasteiger partial charge in [-0.25, -0.2) is 8.78 Å². The second-order valence-electron chi connectivity index (χ2n) is 2.96. The van der Waals surface area contributed by atoms with Crippen LogP contribution in [0.4, 0.5) is 17.6 Å². The van der Waals surface area contributed by atoms with E-state index < -0.39 is 18.3 Å². The van der Waals surface area contributed by atoms with Gasteiger partial charge in [0.05, 0.1) is 0 Å². The number of amides is 1. The molecule has 0 radical (unpaired) electrons. The predicted molar refractivity (Wildman–Crippen MR) is 44.9 cm³/mol. The van der Waals surface area contributed by atoms with Gasteiger partial charge < -0.3 is 10.4 Å². The molecule has 3 nitrogen and oxygen atoms in total. The third-order valence-electron chi connectivity index (χ3n) is 1.70. The van der Waals surface area contributed by atoms with Crippen molar-refractivity contribution < 1.29 is 27.5 Å². The first-order valence-corrected chi connectivity index (χ1v) is 4.48. The van der Waals surface area contributed by atoms with Crippen LogP contribution in [0.3, 0.4) is 0 Å².